The molecule has 226 valence electrons. The third-order valence-electron chi connectivity index (χ3n) is 9.91. The zero-order valence-electron chi connectivity index (χ0n) is 25.9. The number of likely N-dealkylation sites (tertiary alicyclic amines) is 2. The summed E-state index contributed by atoms with van der Waals surface area (Å²) in [7, 11) is 0. The van der Waals surface area contributed by atoms with Crippen molar-refractivity contribution in [1.82, 2.24) is 9.80 Å². The normalized spacial score (nSPS) is 27.4. The van der Waals surface area contributed by atoms with E-state index in [0.717, 1.165) is 48.7 Å². The highest BCUT2D eigenvalue weighted by atomic mass is 16.6. The second kappa shape index (κ2) is 10.9. The summed E-state index contributed by atoms with van der Waals surface area (Å²) < 4.78 is 18.9. The average Bonchev–Trinajstić information content (AvgIpc) is 3.75. The lowest BCUT2D eigenvalue weighted by Gasteiger charge is -2.62. The summed E-state index contributed by atoms with van der Waals surface area (Å²) in [5, 5.41) is 0. The van der Waals surface area contributed by atoms with Gasteiger partial charge >= 0.3 is 12.1 Å². The van der Waals surface area contributed by atoms with Crippen molar-refractivity contribution >= 4 is 12.1 Å². The molecule has 0 radical (unpaired) electrons. The summed E-state index contributed by atoms with van der Waals surface area (Å²) in [5.74, 6) is 1.35. The number of amides is 1. The number of ether oxygens (including phenoxy) is 3. The molecule has 7 heteroatoms. The van der Waals surface area contributed by atoms with Gasteiger partial charge in [-0.15, -0.1) is 0 Å². The number of benzene rings is 2. The maximum Gasteiger partial charge on any atom is 0.410 e. The lowest BCUT2D eigenvalue weighted by Crippen LogP contribution is -2.73. The molecule has 1 saturated carbocycles. The summed E-state index contributed by atoms with van der Waals surface area (Å²) in [4.78, 5) is 30.8. The molecule has 2 aliphatic carbocycles. The van der Waals surface area contributed by atoms with Gasteiger partial charge in [0.05, 0.1) is 6.04 Å². The summed E-state index contributed by atoms with van der Waals surface area (Å²) in [6.45, 7) is 12.9. The number of fused-ring (bicyclic) bond motifs is 1. The van der Waals surface area contributed by atoms with Gasteiger partial charge in [0.15, 0.2) is 0 Å². The highest BCUT2D eigenvalue weighted by molar-refractivity contribution is 5.69. The minimum Gasteiger partial charge on any atom is -0.489 e. The van der Waals surface area contributed by atoms with Gasteiger partial charge in [-0.05, 0) is 101 Å². The Hall–Kier alpha value is -3.06. The number of rotatable bonds is 6. The Labute approximate surface area is 250 Å². The lowest BCUT2D eigenvalue weighted by atomic mass is 9.52. The molecule has 3 fully saturated rings. The van der Waals surface area contributed by atoms with E-state index in [-0.39, 0.29) is 18.1 Å². The molecule has 2 aromatic rings. The van der Waals surface area contributed by atoms with E-state index < -0.39 is 16.6 Å². The summed E-state index contributed by atoms with van der Waals surface area (Å²) >= 11 is 0. The quantitative estimate of drug-likeness (QED) is 0.384. The van der Waals surface area contributed by atoms with Crippen LogP contribution in [0.2, 0.25) is 0 Å². The molecule has 6 rings (SSSR count). The Morgan fingerprint density at radius 3 is 2.40 bits per heavy atom. The van der Waals surface area contributed by atoms with Crippen LogP contribution in [0.25, 0.3) is 0 Å². The number of piperidine rings is 1. The fraction of sp³-hybridized carbons (Fsp3) is 0.600. The minimum atomic E-state index is -0.734. The van der Waals surface area contributed by atoms with E-state index in [2.05, 4.69) is 36.1 Å². The van der Waals surface area contributed by atoms with Gasteiger partial charge in [0.2, 0.25) is 0 Å². The van der Waals surface area contributed by atoms with E-state index >= 15 is 0 Å². The van der Waals surface area contributed by atoms with Gasteiger partial charge in [-0.25, -0.2) is 4.79 Å². The number of hydrogen-bond acceptors (Lipinski definition) is 6. The van der Waals surface area contributed by atoms with Crippen molar-refractivity contribution in [1.29, 1.82) is 0 Å². The predicted octanol–water partition coefficient (Wildman–Crippen LogP) is 6.19. The molecule has 2 saturated heterocycles. The Morgan fingerprint density at radius 2 is 1.71 bits per heavy atom. The standard InChI is InChI=1S/C35H46N2O5/c1-24-19-28-20-31-35(41-25(2)38)15-18-36(32(39)42-33(3,4)5)16-13-34(35,14-17-37(31)22-26-11-12-26)29(28)21-30(24)40-23-27-9-7-6-8-10-27/h6-10,19,21,26,31H,11-18,20,22-23H2,1-5H3. The fourth-order valence-corrected chi connectivity index (χ4v) is 7.88. The van der Waals surface area contributed by atoms with Crippen molar-refractivity contribution in [3.8, 4) is 5.75 Å². The van der Waals surface area contributed by atoms with Crippen LogP contribution in [-0.2, 0) is 32.7 Å². The van der Waals surface area contributed by atoms with Gasteiger partial charge in [0, 0.05) is 38.4 Å². The molecule has 42 heavy (non-hydrogen) atoms. The van der Waals surface area contributed by atoms with Crippen molar-refractivity contribution < 1.29 is 23.8 Å². The monoisotopic (exact) mass is 574 g/mol. The Kier molecular flexibility index (Phi) is 7.53. The molecular weight excluding hydrogens is 528 g/mol. The van der Waals surface area contributed by atoms with Crippen molar-refractivity contribution in [2.45, 2.75) is 102 Å². The van der Waals surface area contributed by atoms with Gasteiger partial charge in [-0.2, -0.15) is 0 Å². The smallest absolute Gasteiger partial charge is 0.410 e. The maximum atomic E-state index is 13.3. The molecule has 2 aromatic carbocycles. The molecule has 3 unspecified atom stereocenters. The van der Waals surface area contributed by atoms with E-state index in [1.165, 1.54) is 24.0 Å². The van der Waals surface area contributed by atoms with E-state index in [4.69, 9.17) is 14.2 Å². The Bertz CT molecular complexity index is 1330. The van der Waals surface area contributed by atoms with E-state index in [1.54, 1.807) is 6.92 Å². The van der Waals surface area contributed by atoms with Crippen LogP contribution in [0.3, 0.4) is 0 Å². The van der Waals surface area contributed by atoms with Crippen molar-refractivity contribution in [2.24, 2.45) is 5.92 Å². The van der Waals surface area contributed by atoms with E-state index in [9.17, 15) is 9.59 Å². The second-order valence-electron chi connectivity index (χ2n) is 14.0. The maximum absolute atomic E-state index is 13.3. The topological polar surface area (TPSA) is 68.3 Å². The Balaban J connectivity index is 1.43. The third-order valence-corrected chi connectivity index (χ3v) is 9.91. The third kappa shape index (κ3) is 5.41. The van der Waals surface area contributed by atoms with Crippen LogP contribution >= 0.6 is 0 Å². The molecule has 2 heterocycles. The molecular formula is C35H46N2O5. The van der Waals surface area contributed by atoms with Crippen LogP contribution in [-0.4, -0.2) is 65.3 Å². The molecule has 7 nitrogen and oxygen atoms in total. The van der Waals surface area contributed by atoms with Crippen molar-refractivity contribution in [2.75, 3.05) is 26.2 Å². The molecule has 0 spiro atoms. The fourth-order valence-electron chi connectivity index (χ4n) is 7.88. The highest BCUT2D eigenvalue weighted by Gasteiger charge is 2.66. The first-order valence-corrected chi connectivity index (χ1v) is 15.7. The first-order valence-electron chi connectivity index (χ1n) is 15.7. The molecule has 4 aliphatic rings. The largest absolute Gasteiger partial charge is 0.489 e. The van der Waals surface area contributed by atoms with Gasteiger partial charge in [-0.3, -0.25) is 9.69 Å². The highest BCUT2D eigenvalue weighted by Crippen LogP contribution is 2.59. The van der Waals surface area contributed by atoms with Crippen molar-refractivity contribution in [3.63, 3.8) is 0 Å². The van der Waals surface area contributed by atoms with Gasteiger partial charge < -0.3 is 19.1 Å². The molecule has 3 atom stereocenters. The zero-order valence-corrected chi connectivity index (χ0v) is 25.9. The second-order valence-corrected chi connectivity index (χ2v) is 14.0. The first kappa shape index (κ1) is 29.0. The van der Waals surface area contributed by atoms with Crippen LogP contribution in [0.4, 0.5) is 4.79 Å². The molecule has 0 N–H and O–H groups in total. The van der Waals surface area contributed by atoms with Crippen LogP contribution in [0.5, 0.6) is 5.75 Å². The number of carbonyl (C=O) groups is 2. The number of aryl methyl sites for hydroxylation is 1. The zero-order chi connectivity index (χ0) is 29.7. The van der Waals surface area contributed by atoms with Crippen LogP contribution in [0.1, 0.15) is 82.1 Å². The van der Waals surface area contributed by atoms with Gasteiger partial charge in [0.25, 0.3) is 0 Å². The predicted molar refractivity (Wildman–Crippen MR) is 162 cm³/mol. The summed E-state index contributed by atoms with van der Waals surface area (Å²) in [5.41, 5.74) is 3.06. The summed E-state index contributed by atoms with van der Waals surface area (Å²) in [6, 6.07) is 14.8. The average molecular weight is 575 g/mol. The van der Waals surface area contributed by atoms with Crippen LogP contribution in [0.15, 0.2) is 42.5 Å². The molecule has 2 bridgehead atoms. The number of carbonyl (C=O) groups excluding carboxylic acids is 2. The van der Waals surface area contributed by atoms with Gasteiger partial charge in [-0.1, -0.05) is 36.4 Å². The van der Waals surface area contributed by atoms with E-state index in [0.29, 0.717) is 32.5 Å². The van der Waals surface area contributed by atoms with E-state index in [1.807, 2.05) is 43.9 Å². The number of esters is 1. The minimum absolute atomic E-state index is 0.0670. The van der Waals surface area contributed by atoms with Crippen molar-refractivity contribution in [3.05, 3.63) is 64.7 Å². The number of nitrogens with zero attached hydrogens (tertiary/aromatic N) is 2. The SMILES string of the molecule is CC(=O)OC12CCN(C(=O)OC(C)(C)C)CCC13CCN(CC1CC1)C2Cc1cc(C)c(OCc2ccccc2)cc13. The van der Waals surface area contributed by atoms with Gasteiger partial charge in [0.1, 0.15) is 23.6 Å². The summed E-state index contributed by atoms with van der Waals surface area (Å²) in [6.07, 6.45) is 5.25. The molecule has 0 aromatic heterocycles. The van der Waals surface area contributed by atoms with Crippen LogP contribution < -0.4 is 4.74 Å². The first-order chi connectivity index (χ1) is 20.0. The molecule has 2 aliphatic heterocycles. The molecule has 1 amide bonds. The number of hydrogen-bond donors (Lipinski definition) is 0. The lowest BCUT2D eigenvalue weighted by molar-refractivity contribution is -0.196. The Morgan fingerprint density at radius 1 is 1.00 bits per heavy atom. The van der Waals surface area contributed by atoms with Crippen LogP contribution in [0, 0.1) is 12.8 Å².